The van der Waals surface area contributed by atoms with Crippen LogP contribution in [0, 0.1) is 0 Å². The van der Waals surface area contributed by atoms with Crippen LogP contribution in [-0.2, 0) is 4.57 Å². The van der Waals surface area contributed by atoms with Crippen molar-refractivity contribution in [2.45, 2.75) is 6.92 Å². The molecule has 0 aliphatic carbocycles. The molecule has 0 fully saturated rings. The van der Waals surface area contributed by atoms with Gasteiger partial charge in [-0.25, -0.2) is 0 Å². The molecule has 0 radical (unpaired) electrons. The molecule has 0 aliphatic heterocycles. The standard InChI is InChI=1S/C20H21O3P/c1-3-4-6-9-16(2)15-24(23,17-10-7-5-8-11-17)18-12-13-19(21)20(22)14-18/h3-14,21-22H,1,15H2,2H3/b6-4-,16-9+. The van der Waals surface area contributed by atoms with Gasteiger partial charge >= 0.3 is 0 Å². The number of allylic oxidation sites excluding steroid dienone is 5. The van der Waals surface area contributed by atoms with E-state index in [4.69, 9.17) is 0 Å². The third-order valence-corrected chi connectivity index (χ3v) is 6.84. The normalized spacial score (nSPS) is 14.5. The van der Waals surface area contributed by atoms with Gasteiger partial charge in [-0.3, -0.25) is 0 Å². The van der Waals surface area contributed by atoms with E-state index in [1.807, 2.05) is 55.5 Å². The predicted molar refractivity (Wildman–Crippen MR) is 101 cm³/mol. The molecule has 2 rings (SSSR count). The maximum Gasteiger partial charge on any atom is 0.158 e. The highest BCUT2D eigenvalue weighted by molar-refractivity contribution is 7.78. The minimum atomic E-state index is -2.97. The van der Waals surface area contributed by atoms with Crippen LogP contribution in [-0.4, -0.2) is 16.4 Å². The van der Waals surface area contributed by atoms with Gasteiger partial charge in [0.15, 0.2) is 11.5 Å². The van der Waals surface area contributed by atoms with Crippen LogP contribution in [0.4, 0.5) is 0 Å². The number of hydrogen-bond acceptors (Lipinski definition) is 3. The Morgan fingerprint density at radius 3 is 2.38 bits per heavy atom. The van der Waals surface area contributed by atoms with Crippen LogP contribution in [0.5, 0.6) is 11.5 Å². The van der Waals surface area contributed by atoms with Crippen LogP contribution < -0.4 is 10.6 Å². The van der Waals surface area contributed by atoms with Gasteiger partial charge in [-0.2, -0.15) is 0 Å². The number of hydrogen-bond donors (Lipinski definition) is 2. The van der Waals surface area contributed by atoms with Crippen molar-refractivity contribution in [3.63, 3.8) is 0 Å². The van der Waals surface area contributed by atoms with Crippen LogP contribution in [0.1, 0.15) is 6.92 Å². The summed E-state index contributed by atoms with van der Waals surface area (Å²) in [6.07, 6.45) is 7.59. The highest BCUT2D eigenvalue weighted by Gasteiger charge is 2.28. The van der Waals surface area contributed by atoms with Crippen molar-refractivity contribution in [3.05, 3.63) is 85.0 Å². The monoisotopic (exact) mass is 340 g/mol. The second-order valence-electron chi connectivity index (χ2n) is 5.54. The zero-order chi connectivity index (χ0) is 17.6. The predicted octanol–water partition coefficient (Wildman–Crippen LogP) is 4.10. The Morgan fingerprint density at radius 1 is 1.04 bits per heavy atom. The van der Waals surface area contributed by atoms with Crippen molar-refractivity contribution in [3.8, 4) is 11.5 Å². The van der Waals surface area contributed by atoms with Gasteiger partial charge in [0.2, 0.25) is 0 Å². The lowest BCUT2D eigenvalue weighted by molar-refractivity contribution is 0.404. The maximum atomic E-state index is 13.8. The molecular formula is C20H21O3P. The third kappa shape index (κ3) is 4.06. The fraction of sp³-hybridized carbons (Fsp3) is 0.100. The summed E-state index contributed by atoms with van der Waals surface area (Å²) in [5.41, 5.74) is 0.952. The summed E-state index contributed by atoms with van der Waals surface area (Å²) < 4.78 is 13.8. The molecule has 0 aromatic heterocycles. The molecule has 124 valence electrons. The average molecular weight is 340 g/mol. The molecule has 2 aromatic carbocycles. The molecule has 1 unspecified atom stereocenters. The minimum Gasteiger partial charge on any atom is -0.504 e. The summed E-state index contributed by atoms with van der Waals surface area (Å²) in [6, 6.07) is 13.6. The SMILES string of the molecule is C=C/C=C\C=C(/C)CP(=O)(c1ccccc1)c1ccc(O)c(O)c1. The van der Waals surface area contributed by atoms with Gasteiger partial charge in [-0.15, -0.1) is 0 Å². The molecule has 0 heterocycles. The first kappa shape index (κ1) is 17.8. The molecule has 0 saturated heterocycles. The zero-order valence-corrected chi connectivity index (χ0v) is 14.5. The van der Waals surface area contributed by atoms with E-state index in [1.54, 1.807) is 12.1 Å². The Kier molecular flexibility index (Phi) is 5.83. The Hall–Kier alpha value is -2.51. The lowest BCUT2D eigenvalue weighted by atomic mass is 10.3. The Labute approximate surface area is 142 Å². The van der Waals surface area contributed by atoms with Gasteiger partial charge in [-0.05, 0) is 25.1 Å². The number of benzene rings is 2. The highest BCUT2D eigenvalue weighted by atomic mass is 31.2. The largest absolute Gasteiger partial charge is 0.504 e. The summed E-state index contributed by atoms with van der Waals surface area (Å²) in [5.74, 6) is -0.489. The Balaban J connectivity index is 2.52. The first-order valence-corrected chi connectivity index (χ1v) is 9.48. The summed E-state index contributed by atoms with van der Waals surface area (Å²) in [6.45, 7) is 5.54. The van der Waals surface area contributed by atoms with Crippen LogP contribution in [0.15, 0.2) is 85.0 Å². The van der Waals surface area contributed by atoms with Crippen molar-refractivity contribution >= 4 is 17.8 Å². The molecular weight excluding hydrogens is 319 g/mol. The van der Waals surface area contributed by atoms with Gasteiger partial charge in [0.1, 0.15) is 7.14 Å². The van der Waals surface area contributed by atoms with Crippen molar-refractivity contribution in [1.82, 2.24) is 0 Å². The van der Waals surface area contributed by atoms with E-state index < -0.39 is 7.14 Å². The van der Waals surface area contributed by atoms with E-state index in [2.05, 4.69) is 6.58 Å². The van der Waals surface area contributed by atoms with Crippen molar-refractivity contribution < 1.29 is 14.8 Å². The molecule has 0 aliphatic rings. The molecule has 0 bridgehead atoms. The molecule has 0 amide bonds. The highest BCUT2D eigenvalue weighted by Crippen LogP contribution is 2.46. The molecule has 3 nitrogen and oxygen atoms in total. The van der Waals surface area contributed by atoms with Gasteiger partial charge < -0.3 is 14.8 Å². The number of rotatable bonds is 6. The quantitative estimate of drug-likeness (QED) is 0.473. The van der Waals surface area contributed by atoms with Crippen LogP contribution in [0.25, 0.3) is 0 Å². The van der Waals surface area contributed by atoms with E-state index in [-0.39, 0.29) is 11.5 Å². The molecule has 2 N–H and O–H groups in total. The van der Waals surface area contributed by atoms with E-state index in [9.17, 15) is 14.8 Å². The molecule has 4 heteroatoms. The van der Waals surface area contributed by atoms with Gasteiger partial charge in [0.05, 0.1) is 0 Å². The maximum absolute atomic E-state index is 13.8. The fourth-order valence-corrected chi connectivity index (χ4v) is 5.21. The summed E-state index contributed by atoms with van der Waals surface area (Å²) in [4.78, 5) is 0. The lowest BCUT2D eigenvalue weighted by Crippen LogP contribution is -2.19. The van der Waals surface area contributed by atoms with Crippen LogP contribution >= 0.6 is 7.14 Å². The average Bonchev–Trinajstić information content (AvgIpc) is 2.58. The summed E-state index contributed by atoms with van der Waals surface area (Å²) in [5, 5.41) is 20.6. The molecule has 2 aromatic rings. The topological polar surface area (TPSA) is 57.5 Å². The van der Waals surface area contributed by atoms with Gasteiger partial charge in [0.25, 0.3) is 0 Å². The van der Waals surface area contributed by atoms with Crippen LogP contribution in [0.2, 0.25) is 0 Å². The van der Waals surface area contributed by atoms with E-state index in [1.165, 1.54) is 12.1 Å². The van der Waals surface area contributed by atoms with Gasteiger partial charge in [0, 0.05) is 16.8 Å². The Morgan fingerprint density at radius 2 is 1.75 bits per heavy atom. The van der Waals surface area contributed by atoms with E-state index in [0.29, 0.717) is 11.5 Å². The first-order chi connectivity index (χ1) is 11.5. The molecule has 0 spiro atoms. The van der Waals surface area contributed by atoms with Crippen LogP contribution in [0.3, 0.4) is 0 Å². The second kappa shape index (κ2) is 7.85. The summed E-state index contributed by atoms with van der Waals surface area (Å²) >= 11 is 0. The van der Waals surface area contributed by atoms with Crippen molar-refractivity contribution in [1.29, 1.82) is 0 Å². The van der Waals surface area contributed by atoms with Gasteiger partial charge in [-0.1, -0.05) is 66.8 Å². The first-order valence-electron chi connectivity index (χ1n) is 7.59. The van der Waals surface area contributed by atoms with E-state index >= 15 is 0 Å². The fourth-order valence-electron chi connectivity index (χ4n) is 2.44. The smallest absolute Gasteiger partial charge is 0.158 e. The number of phenolic OH excluding ortho intramolecular Hbond substituents is 2. The van der Waals surface area contributed by atoms with Crippen molar-refractivity contribution in [2.24, 2.45) is 0 Å². The lowest BCUT2D eigenvalue weighted by Gasteiger charge is -2.20. The third-order valence-electron chi connectivity index (χ3n) is 3.65. The molecule has 24 heavy (non-hydrogen) atoms. The number of phenols is 2. The molecule has 0 saturated carbocycles. The zero-order valence-electron chi connectivity index (χ0n) is 13.6. The summed E-state index contributed by atoms with van der Waals surface area (Å²) in [7, 11) is -2.97. The molecule has 1 atom stereocenters. The Bertz CT molecular complexity index is 820. The second-order valence-corrected chi connectivity index (χ2v) is 8.37. The van der Waals surface area contributed by atoms with Crippen molar-refractivity contribution in [2.75, 3.05) is 6.16 Å². The van der Waals surface area contributed by atoms with E-state index in [0.717, 1.165) is 10.9 Å². The minimum absolute atomic E-state index is 0.223. The number of aromatic hydroxyl groups is 2.